The van der Waals surface area contributed by atoms with Crippen molar-refractivity contribution in [2.75, 3.05) is 30.9 Å². The fraction of sp³-hybridized carbons (Fsp3) is 0.417. The molecule has 2 rings (SSSR count). The normalized spacial score (nSPS) is 15.2. The molecule has 1 aromatic rings. The zero-order valence-corrected chi connectivity index (χ0v) is 9.82. The van der Waals surface area contributed by atoms with Gasteiger partial charge in [-0.25, -0.2) is 4.39 Å². The predicted molar refractivity (Wildman–Crippen MR) is 64.6 cm³/mol. The van der Waals surface area contributed by atoms with E-state index in [-0.39, 0.29) is 24.1 Å². The molecule has 3 N–H and O–H groups in total. The smallest absolute Gasteiger partial charge is 0.226 e. The van der Waals surface area contributed by atoms with Gasteiger partial charge in [0.05, 0.1) is 37.6 Å². The molecule has 1 heterocycles. The summed E-state index contributed by atoms with van der Waals surface area (Å²) in [5.74, 6) is -0.646. The van der Waals surface area contributed by atoms with Gasteiger partial charge in [0.2, 0.25) is 5.91 Å². The van der Waals surface area contributed by atoms with Crippen LogP contribution in [0.1, 0.15) is 6.42 Å². The molecule has 1 amide bonds. The van der Waals surface area contributed by atoms with E-state index in [2.05, 4.69) is 5.32 Å². The number of nitrogens with one attached hydrogen (secondary N) is 1. The van der Waals surface area contributed by atoms with Crippen molar-refractivity contribution < 1.29 is 18.7 Å². The quantitative estimate of drug-likeness (QED) is 0.773. The van der Waals surface area contributed by atoms with Crippen molar-refractivity contribution in [3.8, 4) is 0 Å². The summed E-state index contributed by atoms with van der Waals surface area (Å²) in [4.78, 5) is 11.6. The minimum atomic E-state index is -0.432. The van der Waals surface area contributed by atoms with Crippen molar-refractivity contribution in [3.63, 3.8) is 0 Å². The van der Waals surface area contributed by atoms with E-state index in [1.165, 1.54) is 12.1 Å². The highest BCUT2D eigenvalue weighted by molar-refractivity contribution is 5.93. The zero-order chi connectivity index (χ0) is 13.0. The van der Waals surface area contributed by atoms with Gasteiger partial charge in [0, 0.05) is 0 Å². The minimum absolute atomic E-state index is 0.105. The number of hydrogen-bond acceptors (Lipinski definition) is 4. The van der Waals surface area contributed by atoms with Gasteiger partial charge in [-0.15, -0.1) is 0 Å². The topological polar surface area (TPSA) is 73.6 Å². The largest absolute Gasteiger partial charge is 0.397 e. The van der Waals surface area contributed by atoms with Gasteiger partial charge in [-0.2, -0.15) is 0 Å². The first-order chi connectivity index (χ1) is 8.65. The number of nitrogen functional groups attached to an aromatic ring is 1. The molecule has 0 atom stereocenters. The second-order valence-corrected chi connectivity index (χ2v) is 4.06. The minimum Gasteiger partial charge on any atom is -0.397 e. The molecule has 1 fully saturated rings. The van der Waals surface area contributed by atoms with Crippen LogP contribution < -0.4 is 11.1 Å². The van der Waals surface area contributed by atoms with Crippen LogP contribution in [0.15, 0.2) is 18.2 Å². The van der Waals surface area contributed by atoms with Gasteiger partial charge in [-0.1, -0.05) is 0 Å². The lowest BCUT2D eigenvalue weighted by molar-refractivity contribution is -0.135. The Labute approximate surface area is 104 Å². The number of benzene rings is 1. The van der Waals surface area contributed by atoms with Crippen LogP contribution in [-0.2, 0) is 14.3 Å². The Kier molecular flexibility index (Phi) is 4.11. The van der Waals surface area contributed by atoms with Gasteiger partial charge in [-0.3, -0.25) is 4.79 Å². The fourth-order valence-electron chi connectivity index (χ4n) is 1.49. The van der Waals surface area contributed by atoms with E-state index >= 15 is 0 Å². The van der Waals surface area contributed by atoms with E-state index in [9.17, 15) is 9.18 Å². The highest BCUT2D eigenvalue weighted by atomic mass is 19.1. The van der Waals surface area contributed by atoms with Crippen LogP contribution in [0.2, 0.25) is 0 Å². The summed E-state index contributed by atoms with van der Waals surface area (Å²) in [6, 6.07) is 3.84. The summed E-state index contributed by atoms with van der Waals surface area (Å²) in [6.07, 6.45) is 0.335. The monoisotopic (exact) mass is 254 g/mol. The summed E-state index contributed by atoms with van der Waals surface area (Å²) in [5, 5.41) is 2.61. The second kappa shape index (κ2) is 5.79. The van der Waals surface area contributed by atoms with Crippen molar-refractivity contribution in [2.24, 2.45) is 0 Å². The first-order valence-electron chi connectivity index (χ1n) is 5.69. The molecule has 0 radical (unpaired) electrons. The standard InChI is InChI=1S/C12H15FN2O3/c13-8-1-2-11(10(14)5-8)15-12(16)3-4-18-9-6-17-7-9/h1-2,5,9H,3-4,6-7,14H2,(H,15,16). The molecule has 18 heavy (non-hydrogen) atoms. The number of carbonyl (C=O) groups excluding carboxylic acids is 1. The molecule has 1 saturated heterocycles. The van der Waals surface area contributed by atoms with E-state index in [1.54, 1.807) is 0 Å². The Morgan fingerprint density at radius 2 is 2.33 bits per heavy atom. The maximum absolute atomic E-state index is 12.8. The number of hydrogen-bond donors (Lipinski definition) is 2. The highest BCUT2D eigenvalue weighted by Crippen LogP contribution is 2.19. The molecule has 0 bridgehead atoms. The molecule has 0 saturated carbocycles. The molecule has 98 valence electrons. The summed E-state index contributed by atoms with van der Waals surface area (Å²) in [5.41, 5.74) is 6.19. The van der Waals surface area contributed by atoms with Crippen LogP contribution in [0.4, 0.5) is 15.8 Å². The van der Waals surface area contributed by atoms with E-state index in [4.69, 9.17) is 15.2 Å². The average Bonchev–Trinajstić information content (AvgIpc) is 2.26. The van der Waals surface area contributed by atoms with Gasteiger partial charge < -0.3 is 20.5 Å². The first-order valence-corrected chi connectivity index (χ1v) is 5.69. The molecule has 0 aromatic heterocycles. The van der Waals surface area contributed by atoms with Gasteiger partial charge in [0.25, 0.3) is 0 Å². The lowest BCUT2D eigenvalue weighted by Crippen LogP contribution is -2.36. The van der Waals surface area contributed by atoms with Crippen LogP contribution in [-0.4, -0.2) is 31.8 Å². The van der Waals surface area contributed by atoms with Gasteiger partial charge in [-0.05, 0) is 18.2 Å². The lowest BCUT2D eigenvalue weighted by atomic mass is 10.2. The maximum atomic E-state index is 12.8. The molecular formula is C12H15FN2O3. The lowest BCUT2D eigenvalue weighted by Gasteiger charge is -2.25. The number of carbonyl (C=O) groups is 1. The number of anilines is 2. The van der Waals surface area contributed by atoms with Gasteiger partial charge >= 0.3 is 0 Å². The molecule has 1 aromatic carbocycles. The van der Waals surface area contributed by atoms with Crippen molar-refractivity contribution >= 4 is 17.3 Å². The number of amides is 1. The third-order valence-corrected chi connectivity index (χ3v) is 2.58. The molecule has 6 heteroatoms. The Bertz CT molecular complexity index is 435. The Hall–Kier alpha value is -1.66. The third-order valence-electron chi connectivity index (χ3n) is 2.58. The molecule has 1 aliphatic rings. The average molecular weight is 254 g/mol. The number of nitrogens with two attached hydrogens (primary N) is 1. The van der Waals surface area contributed by atoms with Crippen molar-refractivity contribution in [1.29, 1.82) is 0 Å². The Morgan fingerprint density at radius 3 is 2.94 bits per heavy atom. The molecule has 0 unspecified atom stereocenters. The van der Waals surface area contributed by atoms with Crippen LogP contribution >= 0.6 is 0 Å². The zero-order valence-electron chi connectivity index (χ0n) is 9.82. The van der Waals surface area contributed by atoms with Crippen LogP contribution in [0, 0.1) is 5.82 Å². The number of rotatable bonds is 5. The Balaban J connectivity index is 1.75. The molecule has 5 nitrogen and oxygen atoms in total. The highest BCUT2D eigenvalue weighted by Gasteiger charge is 2.18. The molecular weight excluding hydrogens is 239 g/mol. The van der Waals surface area contributed by atoms with E-state index in [1.807, 2.05) is 0 Å². The van der Waals surface area contributed by atoms with Crippen LogP contribution in [0.25, 0.3) is 0 Å². The van der Waals surface area contributed by atoms with E-state index in [0.29, 0.717) is 25.5 Å². The van der Waals surface area contributed by atoms with Crippen LogP contribution in [0.5, 0.6) is 0 Å². The summed E-state index contributed by atoms with van der Waals surface area (Å²) < 4.78 is 23.1. The summed E-state index contributed by atoms with van der Waals surface area (Å²) >= 11 is 0. The molecule has 1 aliphatic heterocycles. The molecule has 0 aliphatic carbocycles. The second-order valence-electron chi connectivity index (χ2n) is 4.06. The van der Waals surface area contributed by atoms with Gasteiger partial charge in [0.1, 0.15) is 11.9 Å². The van der Waals surface area contributed by atoms with E-state index in [0.717, 1.165) is 6.07 Å². The third kappa shape index (κ3) is 3.41. The van der Waals surface area contributed by atoms with Crippen molar-refractivity contribution in [3.05, 3.63) is 24.0 Å². The SMILES string of the molecule is Nc1cc(F)ccc1NC(=O)CCOC1COC1. The Morgan fingerprint density at radius 1 is 1.56 bits per heavy atom. The van der Waals surface area contributed by atoms with Crippen molar-refractivity contribution in [2.45, 2.75) is 12.5 Å². The van der Waals surface area contributed by atoms with Gasteiger partial charge in [0.15, 0.2) is 0 Å². The first kappa shape index (κ1) is 12.8. The number of halogens is 1. The fourth-order valence-corrected chi connectivity index (χ4v) is 1.49. The summed E-state index contributed by atoms with van der Waals surface area (Å²) in [6.45, 7) is 1.51. The van der Waals surface area contributed by atoms with Crippen LogP contribution in [0.3, 0.4) is 0 Å². The van der Waals surface area contributed by atoms with Crippen molar-refractivity contribution in [1.82, 2.24) is 0 Å². The summed E-state index contributed by atoms with van der Waals surface area (Å²) in [7, 11) is 0. The van der Waals surface area contributed by atoms with E-state index < -0.39 is 5.82 Å². The molecule has 0 spiro atoms. The predicted octanol–water partition coefficient (Wildman–Crippen LogP) is 1.15. The number of ether oxygens (including phenoxy) is 2. The maximum Gasteiger partial charge on any atom is 0.226 e.